The van der Waals surface area contributed by atoms with Crippen LogP contribution in [0, 0.1) is 15.5 Å². The number of aromatic amines is 2. The number of imidazole rings is 2. The third-order valence-electron chi connectivity index (χ3n) is 10.4. The first-order chi connectivity index (χ1) is 26.4. The molecule has 2 saturated heterocycles. The molecule has 2 aliphatic heterocycles. The molecule has 6 rings (SSSR count). The van der Waals surface area contributed by atoms with Gasteiger partial charge in [0.2, 0.25) is 11.8 Å². The number of carbonyl (C=O) groups is 4. The Morgan fingerprint density at radius 1 is 0.709 bits per heavy atom. The van der Waals surface area contributed by atoms with Gasteiger partial charge in [-0.25, -0.2) is 19.6 Å². The van der Waals surface area contributed by atoms with E-state index in [0.717, 1.165) is 74.7 Å². The summed E-state index contributed by atoms with van der Waals surface area (Å²) in [5.74, 6) is 0.957. The van der Waals surface area contributed by atoms with Crippen molar-refractivity contribution in [2.24, 2.45) is 11.8 Å². The topological polar surface area (TPSA) is 175 Å². The predicted molar refractivity (Wildman–Crippen MR) is 215 cm³/mol. The molecule has 0 radical (unpaired) electrons. The molecule has 0 bridgehead atoms. The largest absolute Gasteiger partial charge is 0.453 e. The van der Waals surface area contributed by atoms with E-state index in [9.17, 15) is 19.2 Å². The smallest absolute Gasteiger partial charge is 0.407 e. The molecule has 15 heteroatoms. The molecular weight excluding hydrogens is 815 g/mol. The Kier molecular flexibility index (Phi) is 12.5. The highest BCUT2D eigenvalue weighted by atomic mass is 127. The van der Waals surface area contributed by atoms with E-state index in [2.05, 4.69) is 96.7 Å². The molecule has 55 heavy (non-hydrogen) atoms. The maximum atomic E-state index is 13.6. The number of H-pyrrole nitrogens is 2. The summed E-state index contributed by atoms with van der Waals surface area (Å²) >= 11 is 2.26. The van der Waals surface area contributed by atoms with Crippen molar-refractivity contribution in [3.05, 3.63) is 70.1 Å². The minimum absolute atomic E-state index is 0.105. The number of hydrogen-bond acceptors (Lipinski definition) is 8. The quantitative estimate of drug-likeness (QED) is 0.119. The van der Waals surface area contributed by atoms with Crippen LogP contribution in [0.15, 0.2) is 54.7 Å². The zero-order valence-corrected chi connectivity index (χ0v) is 34.2. The normalized spacial score (nSPS) is 18.1. The van der Waals surface area contributed by atoms with E-state index in [4.69, 9.17) is 14.5 Å². The number of alkyl carbamates (subject to hydrolysis) is 2. The standard InChI is InChI=1S/C40H49IN8O6/c1-22(2)31(45-39(52)54-5)37(50)48-19-7-9-29(48)35-42-21-28(43-35)26-15-11-24(12-16-26)25-13-17-27(18-14-25)33-34(41)47-36(44-33)30-10-8-20-49(30)38(51)32(23(3)4)46-40(53)55-6/h11-18,21-23,29-32H,7-10,19-20H2,1-6H3,(H,42,43)(H,44,47)(H,45,52)(H,46,53)/t29-,30-,31-,32-/m0/s1. The van der Waals surface area contributed by atoms with Gasteiger partial charge >= 0.3 is 12.2 Å². The number of likely N-dealkylation sites (tertiary alicyclic amines) is 2. The van der Waals surface area contributed by atoms with Gasteiger partial charge in [0.1, 0.15) is 33.1 Å². The molecule has 2 aliphatic rings. The van der Waals surface area contributed by atoms with Crippen LogP contribution in [0.4, 0.5) is 9.59 Å². The Hall–Kier alpha value is -4.93. The van der Waals surface area contributed by atoms with Crippen LogP contribution in [0.1, 0.15) is 77.1 Å². The number of methoxy groups -OCH3 is 2. The average molecular weight is 865 g/mol. The molecule has 292 valence electrons. The molecule has 2 aromatic carbocycles. The van der Waals surface area contributed by atoms with Gasteiger partial charge in [-0.15, -0.1) is 0 Å². The van der Waals surface area contributed by atoms with E-state index >= 15 is 0 Å². The van der Waals surface area contributed by atoms with E-state index < -0.39 is 24.3 Å². The number of carbonyl (C=O) groups excluding carboxylic acids is 4. The van der Waals surface area contributed by atoms with Crippen molar-refractivity contribution in [3.63, 3.8) is 0 Å². The third-order valence-corrected chi connectivity index (χ3v) is 11.2. The maximum Gasteiger partial charge on any atom is 0.407 e. The summed E-state index contributed by atoms with van der Waals surface area (Å²) in [5, 5.41) is 5.40. The number of ether oxygens (including phenoxy) is 2. The van der Waals surface area contributed by atoms with Crippen molar-refractivity contribution in [3.8, 4) is 33.6 Å². The summed E-state index contributed by atoms with van der Waals surface area (Å²) in [4.78, 5) is 71.2. The molecule has 0 spiro atoms. The first kappa shape index (κ1) is 39.8. The molecule has 2 aromatic heterocycles. The summed E-state index contributed by atoms with van der Waals surface area (Å²) in [7, 11) is 2.58. The second kappa shape index (κ2) is 17.3. The van der Waals surface area contributed by atoms with Crippen LogP contribution in [0.25, 0.3) is 33.6 Å². The van der Waals surface area contributed by atoms with E-state index in [1.807, 2.05) is 32.6 Å². The molecule has 4 heterocycles. The van der Waals surface area contributed by atoms with Crippen molar-refractivity contribution < 1.29 is 28.7 Å². The lowest BCUT2D eigenvalue weighted by Gasteiger charge is -2.30. The second-order valence-electron chi connectivity index (χ2n) is 14.7. The molecule has 14 nitrogen and oxygen atoms in total. The van der Waals surface area contributed by atoms with Crippen LogP contribution in [-0.2, 0) is 19.1 Å². The van der Waals surface area contributed by atoms with Crippen LogP contribution >= 0.6 is 22.6 Å². The summed E-state index contributed by atoms with van der Waals surface area (Å²) in [6, 6.07) is 14.7. The molecule has 0 aliphatic carbocycles. The van der Waals surface area contributed by atoms with Crippen LogP contribution < -0.4 is 10.6 Å². The van der Waals surface area contributed by atoms with Crippen molar-refractivity contribution in [1.29, 1.82) is 0 Å². The van der Waals surface area contributed by atoms with Crippen molar-refractivity contribution in [2.45, 2.75) is 77.5 Å². The Bertz CT molecular complexity index is 1990. The summed E-state index contributed by atoms with van der Waals surface area (Å²) in [6.45, 7) is 8.79. The number of aromatic nitrogens is 4. The van der Waals surface area contributed by atoms with Crippen molar-refractivity contribution in [1.82, 2.24) is 40.4 Å². The Morgan fingerprint density at radius 2 is 1.16 bits per heavy atom. The van der Waals surface area contributed by atoms with E-state index in [0.29, 0.717) is 13.1 Å². The van der Waals surface area contributed by atoms with E-state index in [-0.39, 0.29) is 35.7 Å². The van der Waals surface area contributed by atoms with Gasteiger partial charge in [-0.05, 0) is 76.8 Å². The molecule has 4 atom stereocenters. The highest BCUT2D eigenvalue weighted by Gasteiger charge is 2.39. The van der Waals surface area contributed by atoms with Crippen LogP contribution in [0.2, 0.25) is 0 Å². The van der Waals surface area contributed by atoms with Crippen molar-refractivity contribution in [2.75, 3.05) is 27.3 Å². The third kappa shape index (κ3) is 8.66. The van der Waals surface area contributed by atoms with Gasteiger partial charge in [0, 0.05) is 18.7 Å². The molecule has 2 fully saturated rings. The van der Waals surface area contributed by atoms with Gasteiger partial charge in [0.25, 0.3) is 0 Å². The number of amides is 4. The lowest BCUT2D eigenvalue weighted by atomic mass is 10.0. The van der Waals surface area contributed by atoms with Gasteiger partial charge in [0.05, 0.1) is 38.2 Å². The molecule has 4 amide bonds. The molecular formula is C40H49IN8O6. The minimum atomic E-state index is -0.692. The summed E-state index contributed by atoms with van der Waals surface area (Å²) < 4.78 is 10.4. The predicted octanol–water partition coefficient (Wildman–Crippen LogP) is 6.83. The summed E-state index contributed by atoms with van der Waals surface area (Å²) in [5.41, 5.74) is 5.72. The van der Waals surface area contributed by atoms with Crippen LogP contribution in [-0.4, -0.2) is 93.1 Å². The Labute approximate surface area is 334 Å². The average Bonchev–Trinajstić information content (AvgIpc) is 4.02. The van der Waals surface area contributed by atoms with E-state index in [1.165, 1.54) is 14.2 Å². The van der Waals surface area contributed by atoms with Gasteiger partial charge in [-0.2, -0.15) is 0 Å². The fourth-order valence-corrected chi connectivity index (χ4v) is 8.13. The zero-order valence-electron chi connectivity index (χ0n) is 32.0. The first-order valence-electron chi connectivity index (χ1n) is 18.7. The van der Waals surface area contributed by atoms with E-state index in [1.54, 1.807) is 11.1 Å². The molecule has 0 saturated carbocycles. The maximum absolute atomic E-state index is 13.6. The second-order valence-corrected chi connectivity index (χ2v) is 15.8. The molecule has 0 unspecified atom stereocenters. The highest BCUT2D eigenvalue weighted by molar-refractivity contribution is 14.1. The number of benzene rings is 2. The number of hydrogen-bond donors (Lipinski definition) is 4. The van der Waals surface area contributed by atoms with Gasteiger partial charge in [-0.3, -0.25) is 9.59 Å². The van der Waals surface area contributed by atoms with Crippen LogP contribution in [0.3, 0.4) is 0 Å². The molecule has 4 N–H and O–H groups in total. The van der Waals surface area contributed by atoms with Gasteiger partial charge in [0.15, 0.2) is 0 Å². The Balaban J connectivity index is 1.13. The number of halogens is 1. The van der Waals surface area contributed by atoms with Crippen molar-refractivity contribution >= 4 is 46.6 Å². The number of nitrogens with zero attached hydrogens (tertiary/aromatic N) is 4. The minimum Gasteiger partial charge on any atom is -0.453 e. The zero-order chi connectivity index (χ0) is 39.4. The SMILES string of the molecule is COC(=O)N[C@H](C(=O)N1CCC[C@H]1c1ncc(-c2ccc(-c3ccc(-c4nc([C@@H]5CCCN5C(=O)[C@@H](NC(=O)OC)C(C)C)[nH]c4I)cc3)cc2)[nH]1)C(C)C. The van der Waals surface area contributed by atoms with Gasteiger partial charge < -0.3 is 39.9 Å². The number of nitrogens with one attached hydrogen (secondary N) is 4. The Morgan fingerprint density at radius 3 is 1.64 bits per heavy atom. The summed E-state index contributed by atoms with van der Waals surface area (Å²) in [6.07, 6.45) is 3.80. The fraction of sp³-hybridized carbons (Fsp3) is 0.450. The number of rotatable bonds is 11. The first-order valence-corrected chi connectivity index (χ1v) is 19.8. The highest BCUT2D eigenvalue weighted by Crippen LogP contribution is 2.36. The lowest BCUT2D eigenvalue weighted by Crippen LogP contribution is -2.51. The lowest BCUT2D eigenvalue weighted by molar-refractivity contribution is -0.136. The fourth-order valence-electron chi connectivity index (χ4n) is 7.42. The molecule has 4 aromatic rings. The van der Waals surface area contributed by atoms with Crippen LogP contribution in [0.5, 0.6) is 0 Å². The van der Waals surface area contributed by atoms with Gasteiger partial charge in [-0.1, -0.05) is 76.2 Å². The monoisotopic (exact) mass is 864 g/mol.